The summed E-state index contributed by atoms with van der Waals surface area (Å²) in [5, 5.41) is 0. The van der Waals surface area contributed by atoms with Crippen molar-refractivity contribution in [3.8, 4) is 5.75 Å². The number of hydrogen-bond donors (Lipinski definition) is 1. The zero-order valence-corrected chi connectivity index (χ0v) is 15.7. The van der Waals surface area contributed by atoms with Gasteiger partial charge >= 0.3 is 15.6 Å². The minimum atomic E-state index is -5.84. The Morgan fingerprint density at radius 3 is 2.18 bits per heavy atom. The Kier molecular flexibility index (Phi) is 6.35. The highest BCUT2D eigenvalue weighted by atomic mass is 32.2. The van der Waals surface area contributed by atoms with E-state index in [0.29, 0.717) is 0 Å². The molecule has 0 radical (unpaired) electrons. The minimum absolute atomic E-state index is 0.213. The van der Waals surface area contributed by atoms with Crippen molar-refractivity contribution in [1.29, 1.82) is 0 Å². The normalized spacial score (nSPS) is 13.8. The number of alkyl halides is 3. The highest BCUT2D eigenvalue weighted by Crippen LogP contribution is 2.34. The lowest BCUT2D eigenvalue weighted by Gasteiger charge is -2.29. The zero-order chi connectivity index (χ0) is 21.1. The van der Waals surface area contributed by atoms with Crippen LogP contribution in [0.15, 0.2) is 42.5 Å². The van der Waals surface area contributed by atoms with Gasteiger partial charge in [-0.25, -0.2) is 4.39 Å². The molecule has 152 valence electrons. The molecule has 1 heterocycles. The van der Waals surface area contributed by atoms with Gasteiger partial charge in [0.2, 0.25) is 0 Å². The standard InChI is InChI=1S/C17H16FNO.CHF3O3S/c1-19-11-15-13(4-3-5-17(15)20-2)10-16(19)12-6-8-14(18)9-7-12;2-1(3,4)8(5,6)7/h3-10H,11H2,1-2H3;(H,5,6,7). The average Bonchev–Trinajstić information content (AvgIpc) is 2.60. The lowest BCUT2D eigenvalue weighted by molar-refractivity contribution is -0.0510. The summed E-state index contributed by atoms with van der Waals surface area (Å²) in [5.74, 6) is 0.693. The largest absolute Gasteiger partial charge is 0.522 e. The van der Waals surface area contributed by atoms with Gasteiger partial charge in [-0.15, -0.1) is 0 Å². The second-order valence-corrected chi connectivity index (χ2v) is 7.25. The molecule has 2 aromatic rings. The molecule has 1 N–H and O–H groups in total. The molecular weight excluding hydrogens is 402 g/mol. The fraction of sp³-hybridized carbons (Fsp3) is 0.222. The molecule has 28 heavy (non-hydrogen) atoms. The maximum absolute atomic E-state index is 13.0. The maximum Gasteiger partial charge on any atom is 0.522 e. The van der Waals surface area contributed by atoms with Crippen LogP contribution in [-0.4, -0.2) is 37.5 Å². The summed E-state index contributed by atoms with van der Waals surface area (Å²) in [6.07, 6.45) is 2.12. The molecule has 10 heteroatoms. The molecule has 0 aliphatic carbocycles. The van der Waals surface area contributed by atoms with Crippen LogP contribution >= 0.6 is 0 Å². The van der Waals surface area contributed by atoms with Crippen molar-refractivity contribution in [2.75, 3.05) is 14.2 Å². The number of methoxy groups -OCH3 is 1. The van der Waals surface area contributed by atoms with Crippen molar-refractivity contribution in [2.24, 2.45) is 0 Å². The van der Waals surface area contributed by atoms with Crippen LogP contribution in [0.2, 0.25) is 0 Å². The molecule has 0 aromatic heterocycles. The zero-order valence-electron chi connectivity index (χ0n) is 14.9. The number of benzene rings is 2. The fourth-order valence-corrected chi connectivity index (χ4v) is 2.58. The molecule has 0 unspecified atom stereocenters. The van der Waals surface area contributed by atoms with Gasteiger partial charge in [-0.1, -0.05) is 12.1 Å². The molecule has 5 nitrogen and oxygen atoms in total. The molecule has 2 aromatic carbocycles. The van der Waals surface area contributed by atoms with Crippen LogP contribution < -0.4 is 4.74 Å². The van der Waals surface area contributed by atoms with E-state index in [9.17, 15) is 17.6 Å². The number of fused-ring (bicyclic) bond motifs is 1. The third-order valence-corrected chi connectivity index (χ3v) is 4.51. The molecule has 1 aliphatic heterocycles. The lowest BCUT2D eigenvalue weighted by atomic mass is 9.98. The summed E-state index contributed by atoms with van der Waals surface area (Å²) in [4.78, 5) is 2.15. The van der Waals surface area contributed by atoms with E-state index >= 15 is 0 Å². The summed E-state index contributed by atoms with van der Waals surface area (Å²) in [6.45, 7) is 0.780. The quantitative estimate of drug-likeness (QED) is 0.450. The van der Waals surface area contributed by atoms with E-state index in [4.69, 9.17) is 17.7 Å². The molecular formula is C18H17F4NO4S. The molecule has 1 aliphatic rings. The second kappa shape index (κ2) is 8.19. The van der Waals surface area contributed by atoms with Crippen LogP contribution in [0.25, 0.3) is 11.8 Å². The van der Waals surface area contributed by atoms with E-state index in [0.717, 1.165) is 29.1 Å². The molecule has 3 rings (SSSR count). The number of ether oxygens (including phenoxy) is 1. The highest BCUT2D eigenvalue weighted by Gasteiger charge is 2.44. The number of halogens is 4. The van der Waals surface area contributed by atoms with E-state index in [2.05, 4.69) is 17.0 Å². The number of rotatable bonds is 2. The Morgan fingerprint density at radius 1 is 1.11 bits per heavy atom. The predicted octanol–water partition coefficient (Wildman–Crippen LogP) is 4.17. The molecule has 0 atom stereocenters. The first kappa shape index (κ1) is 21.7. The van der Waals surface area contributed by atoms with Crippen molar-refractivity contribution >= 4 is 21.9 Å². The molecule has 0 spiro atoms. The Hall–Kier alpha value is -2.59. The van der Waals surface area contributed by atoms with E-state index in [1.54, 1.807) is 7.11 Å². The van der Waals surface area contributed by atoms with Crippen molar-refractivity contribution in [1.82, 2.24) is 4.90 Å². The summed E-state index contributed by atoms with van der Waals surface area (Å²) in [7, 11) is -2.12. The smallest absolute Gasteiger partial charge is 0.496 e. The van der Waals surface area contributed by atoms with Gasteiger partial charge in [0.05, 0.1) is 7.11 Å². The van der Waals surface area contributed by atoms with Gasteiger partial charge in [-0.2, -0.15) is 21.6 Å². The number of hydrogen-bond acceptors (Lipinski definition) is 4. The molecule has 0 saturated heterocycles. The molecule has 0 saturated carbocycles. The Labute approximate surface area is 159 Å². The SMILES string of the molecule is COc1cccc2c1CN(C)C(c1ccc(F)cc1)=C2.O=S(=O)(O)C(F)(F)F. The number of nitrogens with zero attached hydrogens (tertiary/aromatic N) is 1. The second-order valence-electron chi connectivity index (χ2n) is 5.84. The van der Waals surface area contributed by atoms with Crippen LogP contribution in [0.1, 0.15) is 16.7 Å². The van der Waals surface area contributed by atoms with E-state index in [1.165, 1.54) is 17.7 Å². The maximum atomic E-state index is 13.0. The topological polar surface area (TPSA) is 66.8 Å². The van der Waals surface area contributed by atoms with Gasteiger partial charge in [-0.3, -0.25) is 4.55 Å². The lowest BCUT2D eigenvalue weighted by Crippen LogP contribution is -2.21. The average molecular weight is 419 g/mol. The van der Waals surface area contributed by atoms with Gasteiger partial charge in [0.25, 0.3) is 0 Å². The van der Waals surface area contributed by atoms with Gasteiger partial charge in [0.1, 0.15) is 11.6 Å². The Balaban J connectivity index is 0.000000300. The van der Waals surface area contributed by atoms with Crippen LogP contribution in [0.5, 0.6) is 5.75 Å². The molecule has 0 amide bonds. The summed E-state index contributed by atoms with van der Waals surface area (Å²) >= 11 is 0. The van der Waals surface area contributed by atoms with Crippen molar-refractivity contribution in [3.05, 3.63) is 65.0 Å². The summed E-state index contributed by atoms with van der Waals surface area (Å²) in [5.41, 5.74) is -1.09. The summed E-state index contributed by atoms with van der Waals surface area (Å²) < 4.78 is 76.0. The minimum Gasteiger partial charge on any atom is -0.496 e. The van der Waals surface area contributed by atoms with Crippen LogP contribution in [0, 0.1) is 5.82 Å². The highest BCUT2D eigenvalue weighted by molar-refractivity contribution is 7.86. The van der Waals surface area contributed by atoms with Gasteiger partial charge in [0.15, 0.2) is 0 Å². The monoisotopic (exact) mass is 419 g/mol. The van der Waals surface area contributed by atoms with Gasteiger partial charge < -0.3 is 9.64 Å². The first-order valence-corrected chi connectivity index (χ1v) is 9.26. The Morgan fingerprint density at radius 2 is 1.68 bits per heavy atom. The van der Waals surface area contributed by atoms with Gasteiger partial charge in [-0.05, 0) is 47.5 Å². The van der Waals surface area contributed by atoms with Crippen LogP contribution in [0.4, 0.5) is 17.6 Å². The van der Waals surface area contributed by atoms with E-state index in [-0.39, 0.29) is 5.82 Å². The van der Waals surface area contributed by atoms with Gasteiger partial charge in [0, 0.05) is 24.9 Å². The predicted molar refractivity (Wildman–Crippen MR) is 96.3 cm³/mol. The fourth-order valence-electron chi connectivity index (χ4n) is 2.58. The third-order valence-electron chi connectivity index (χ3n) is 3.92. The summed E-state index contributed by atoms with van der Waals surface area (Å²) in [6, 6.07) is 12.6. The molecule has 0 bridgehead atoms. The van der Waals surface area contributed by atoms with E-state index in [1.807, 2.05) is 31.3 Å². The first-order chi connectivity index (χ1) is 12.9. The van der Waals surface area contributed by atoms with Crippen molar-refractivity contribution < 1.29 is 35.3 Å². The van der Waals surface area contributed by atoms with Crippen molar-refractivity contribution in [2.45, 2.75) is 12.1 Å². The van der Waals surface area contributed by atoms with Crippen molar-refractivity contribution in [3.63, 3.8) is 0 Å². The Bertz CT molecular complexity index is 970. The van der Waals surface area contributed by atoms with Crippen LogP contribution in [-0.2, 0) is 16.7 Å². The first-order valence-electron chi connectivity index (χ1n) is 7.82. The van der Waals surface area contributed by atoms with Crippen LogP contribution in [0.3, 0.4) is 0 Å². The molecule has 0 fully saturated rings. The van der Waals surface area contributed by atoms with E-state index < -0.39 is 15.6 Å². The third kappa shape index (κ3) is 5.02.